The van der Waals surface area contributed by atoms with Gasteiger partial charge in [-0.1, -0.05) is 0 Å². The predicted octanol–water partition coefficient (Wildman–Crippen LogP) is 0.625. The van der Waals surface area contributed by atoms with Crippen LogP contribution in [0.15, 0.2) is 35.4 Å². The summed E-state index contributed by atoms with van der Waals surface area (Å²) in [5, 5.41) is 1.54. The molecule has 0 saturated carbocycles. The van der Waals surface area contributed by atoms with Crippen molar-refractivity contribution >= 4 is 71.5 Å². The summed E-state index contributed by atoms with van der Waals surface area (Å²) in [6.45, 7) is 0. The van der Waals surface area contributed by atoms with Gasteiger partial charge >= 0.3 is 125 Å². The zero-order valence-corrected chi connectivity index (χ0v) is 18.3. The van der Waals surface area contributed by atoms with E-state index in [0.717, 1.165) is 71.5 Å². The van der Waals surface area contributed by atoms with Gasteiger partial charge in [-0.05, 0) is 0 Å². The van der Waals surface area contributed by atoms with Gasteiger partial charge in [0, 0.05) is 0 Å². The first kappa shape index (κ1) is 15.4. The Labute approximate surface area is 123 Å². The van der Waals surface area contributed by atoms with Crippen LogP contribution in [-0.2, 0) is 0 Å². The second-order valence-corrected chi connectivity index (χ2v) is 47.4. The van der Waals surface area contributed by atoms with Gasteiger partial charge < -0.3 is 0 Å². The molecule has 15 heavy (non-hydrogen) atoms. The van der Waals surface area contributed by atoms with Gasteiger partial charge in [0.15, 0.2) is 0 Å². The average molecular weight is 594 g/mol. The molecule has 1 heterocycles. The molecule has 0 nitrogen and oxygen atoms in total. The van der Waals surface area contributed by atoms with Crippen molar-refractivity contribution in [3.63, 3.8) is 0 Å². The molecule has 6 heteroatoms. The molecular weight excluding hydrogens is 582 g/mol. The van der Waals surface area contributed by atoms with Crippen molar-refractivity contribution in [3.05, 3.63) is 35.4 Å². The summed E-state index contributed by atoms with van der Waals surface area (Å²) >= 11 is 6.22. The molecule has 84 valence electrons. The third kappa shape index (κ3) is 11.2. The minimum atomic E-state index is 0.853. The second-order valence-electron chi connectivity index (χ2n) is 2.47. The van der Waals surface area contributed by atoms with Crippen molar-refractivity contribution in [3.8, 4) is 0 Å². The summed E-state index contributed by atoms with van der Waals surface area (Å²) in [6.07, 6.45) is 13.8. The van der Waals surface area contributed by atoms with E-state index in [4.69, 9.17) is 0 Å². The third-order valence-electron chi connectivity index (χ3n) is 1.37. The van der Waals surface area contributed by atoms with E-state index in [9.17, 15) is 0 Å². The fraction of sp³-hybridized carbons (Fsp3) is 0.333. The van der Waals surface area contributed by atoms with Crippen molar-refractivity contribution in [2.24, 2.45) is 0 Å². The Morgan fingerprint density at radius 1 is 0.800 bits per heavy atom. The van der Waals surface area contributed by atoms with E-state index in [1.54, 1.807) is 0 Å². The number of hydrogen-bond donors (Lipinski definition) is 0. The van der Waals surface area contributed by atoms with Crippen molar-refractivity contribution in [2.75, 3.05) is 0 Å². The zero-order chi connectivity index (χ0) is 10.6. The molecule has 0 unspecified atom stereocenters. The molecule has 0 saturated heterocycles. The Morgan fingerprint density at radius 3 is 2.67 bits per heavy atom. The van der Waals surface area contributed by atoms with Crippen LogP contribution in [0.1, 0.15) is 12.8 Å². The average Bonchev–Trinajstić information content (AvgIpc) is 2.27. The van der Waals surface area contributed by atoms with E-state index < -0.39 is 0 Å². The first-order valence-corrected chi connectivity index (χ1v) is 28.3. The van der Waals surface area contributed by atoms with E-state index >= 15 is 0 Å². The van der Waals surface area contributed by atoms with Crippen molar-refractivity contribution in [1.29, 1.82) is 0 Å². The Kier molecular flexibility index (Phi) is 13.1. The van der Waals surface area contributed by atoms with Gasteiger partial charge in [-0.2, -0.15) is 0 Å². The molecule has 0 spiro atoms. The molecule has 0 bridgehead atoms. The van der Waals surface area contributed by atoms with Gasteiger partial charge in [0.2, 0.25) is 0 Å². The molecule has 1 rings (SSSR count). The molecule has 0 radical (unpaired) electrons. The molecule has 1 aliphatic rings. The SMILES string of the molecule is C1=C/C=C/[Se][Se][Se][Se][Se][Se]CCCC=C1. The van der Waals surface area contributed by atoms with Crippen LogP contribution < -0.4 is 0 Å². The summed E-state index contributed by atoms with van der Waals surface area (Å²) in [6, 6.07) is 0. The molecule has 0 N–H and O–H groups in total. The fourth-order valence-electron chi connectivity index (χ4n) is 0.756. The first-order valence-electron chi connectivity index (χ1n) is 4.43. The molecule has 1 aliphatic heterocycles. The van der Waals surface area contributed by atoms with E-state index in [1.165, 1.54) is 18.2 Å². The van der Waals surface area contributed by atoms with Crippen LogP contribution in [-0.4, -0.2) is 71.5 Å². The third-order valence-corrected chi connectivity index (χ3v) is 78.8. The van der Waals surface area contributed by atoms with Crippen LogP contribution in [0.25, 0.3) is 0 Å². The fourth-order valence-corrected chi connectivity index (χ4v) is 123. The van der Waals surface area contributed by atoms with Crippen LogP contribution in [0.5, 0.6) is 0 Å². The summed E-state index contributed by atoms with van der Waals surface area (Å²) in [5.41, 5.74) is 0. The Morgan fingerprint density at radius 2 is 1.67 bits per heavy atom. The van der Waals surface area contributed by atoms with Crippen LogP contribution in [0.4, 0.5) is 0 Å². The van der Waals surface area contributed by atoms with E-state index in [-0.39, 0.29) is 0 Å². The van der Waals surface area contributed by atoms with Crippen LogP contribution >= 0.6 is 0 Å². The van der Waals surface area contributed by atoms with Gasteiger partial charge in [0.05, 0.1) is 0 Å². The maximum atomic E-state index is 2.41. The molecule has 0 fully saturated rings. The second kappa shape index (κ2) is 12.8. The maximum absolute atomic E-state index is 2.41. The van der Waals surface area contributed by atoms with Gasteiger partial charge in [0.25, 0.3) is 0 Å². The van der Waals surface area contributed by atoms with E-state index in [2.05, 4.69) is 35.4 Å². The van der Waals surface area contributed by atoms with Gasteiger partial charge in [-0.3, -0.25) is 0 Å². The van der Waals surface area contributed by atoms with Crippen LogP contribution in [0.2, 0.25) is 5.32 Å². The van der Waals surface area contributed by atoms with Crippen molar-refractivity contribution < 1.29 is 0 Å². The van der Waals surface area contributed by atoms with Gasteiger partial charge in [-0.25, -0.2) is 0 Å². The molecule has 0 aromatic heterocycles. The molecule has 0 atom stereocenters. The predicted molar refractivity (Wildman–Crippen MR) is 76.0 cm³/mol. The monoisotopic (exact) mass is 600 g/mol. The number of hydrogen-bond acceptors (Lipinski definition) is 0. The Hall–Kier alpha value is 2.34. The normalized spacial score (nSPS) is 22.9. The molecule has 0 aliphatic carbocycles. The summed E-state index contributed by atoms with van der Waals surface area (Å²) < 4.78 is 0. The van der Waals surface area contributed by atoms with Crippen LogP contribution in [0.3, 0.4) is 0 Å². The van der Waals surface area contributed by atoms with Crippen molar-refractivity contribution in [2.45, 2.75) is 18.2 Å². The Balaban J connectivity index is 2.25. The summed E-state index contributed by atoms with van der Waals surface area (Å²) in [4.78, 5) is 2.41. The van der Waals surface area contributed by atoms with Gasteiger partial charge in [0.1, 0.15) is 0 Å². The van der Waals surface area contributed by atoms with Crippen molar-refractivity contribution in [1.82, 2.24) is 0 Å². The molecular formula is C9H12Se6. The first-order chi connectivity index (χ1) is 7.50. The van der Waals surface area contributed by atoms with Crippen LogP contribution in [0, 0.1) is 0 Å². The number of allylic oxidation sites excluding steroid dienone is 5. The minimum absolute atomic E-state index is 0.853. The molecule has 0 aromatic carbocycles. The molecule has 0 amide bonds. The van der Waals surface area contributed by atoms with Gasteiger partial charge in [-0.15, -0.1) is 0 Å². The molecule has 0 aromatic rings. The van der Waals surface area contributed by atoms with E-state index in [1.807, 2.05) is 0 Å². The zero-order valence-electron chi connectivity index (χ0n) is 8.03. The summed E-state index contributed by atoms with van der Waals surface area (Å²) in [7, 11) is 0. The topological polar surface area (TPSA) is 0 Å². The van der Waals surface area contributed by atoms with E-state index in [0.29, 0.717) is 0 Å². The number of rotatable bonds is 0. The quantitative estimate of drug-likeness (QED) is 0.362. The Bertz CT molecular complexity index is 201. The standard InChI is InChI=1S/C9H12Se6/c1-2-4-6-8-10-12-14-15-13-11-9-7-5-3-1/h1-4,6,8H,5,7,9H2/b3-1?,4-2?,8-6+. The summed E-state index contributed by atoms with van der Waals surface area (Å²) in [5.74, 6) is 0.